The van der Waals surface area contributed by atoms with Crippen LogP contribution in [0.15, 0.2) is 24.4 Å². The number of anilines is 2. The fraction of sp³-hybridized carbons (Fsp3) is 0.421. The van der Waals surface area contributed by atoms with E-state index in [0.717, 1.165) is 31.6 Å². The number of benzene rings is 1. The zero-order valence-electron chi connectivity index (χ0n) is 16.3. The van der Waals surface area contributed by atoms with Crippen molar-refractivity contribution in [2.75, 3.05) is 44.6 Å². The second-order valence-electron chi connectivity index (χ2n) is 6.26. The summed E-state index contributed by atoms with van der Waals surface area (Å²) in [6.45, 7) is 2.23. The summed E-state index contributed by atoms with van der Waals surface area (Å²) in [5, 5.41) is 5.56. The van der Waals surface area contributed by atoms with Crippen LogP contribution in [-0.4, -0.2) is 50.4 Å². The topological polar surface area (TPSA) is 97.8 Å². The quantitative estimate of drug-likeness (QED) is 0.753. The van der Waals surface area contributed by atoms with E-state index in [-0.39, 0.29) is 6.03 Å². The number of rotatable bonds is 7. The summed E-state index contributed by atoms with van der Waals surface area (Å²) in [5.74, 6) is 2.10. The van der Waals surface area contributed by atoms with Crippen molar-refractivity contribution in [1.82, 2.24) is 15.3 Å². The van der Waals surface area contributed by atoms with Crippen molar-refractivity contribution in [3.63, 3.8) is 0 Å². The summed E-state index contributed by atoms with van der Waals surface area (Å²) >= 11 is 0. The monoisotopic (exact) mass is 387 g/mol. The van der Waals surface area contributed by atoms with E-state index < -0.39 is 0 Å². The lowest BCUT2D eigenvalue weighted by atomic mass is 10.2. The van der Waals surface area contributed by atoms with E-state index in [1.54, 1.807) is 24.4 Å². The Morgan fingerprint density at radius 3 is 2.39 bits per heavy atom. The van der Waals surface area contributed by atoms with Gasteiger partial charge in [0.25, 0.3) is 0 Å². The lowest BCUT2D eigenvalue weighted by Crippen LogP contribution is -2.29. The first kappa shape index (κ1) is 19.5. The number of nitrogens with zero attached hydrogens (tertiary/aromatic N) is 3. The molecule has 2 heterocycles. The lowest BCUT2D eigenvalue weighted by Gasteiger charge is -2.16. The van der Waals surface area contributed by atoms with E-state index in [9.17, 15) is 4.79 Å². The van der Waals surface area contributed by atoms with Gasteiger partial charge in [0.15, 0.2) is 11.5 Å². The van der Waals surface area contributed by atoms with E-state index in [1.165, 1.54) is 21.3 Å². The average molecular weight is 387 g/mol. The molecule has 1 saturated heterocycles. The predicted molar refractivity (Wildman–Crippen MR) is 105 cm³/mol. The molecule has 1 aromatic heterocycles. The molecule has 2 N–H and O–H groups in total. The number of aromatic nitrogens is 2. The fourth-order valence-corrected chi connectivity index (χ4v) is 3.05. The molecule has 0 bridgehead atoms. The summed E-state index contributed by atoms with van der Waals surface area (Å²) in [4.78, 5) is 23.3. The number of methoxy groups -OCH3 is 3. The van der Waals surface area contributed by atoms with Crippen LogP contribution in [0.5, 0.6) is 17.2 Å². The standard InChI is InChI=1S/C19H25N5O4/c1-26-15-10-14(11-16(27-2)17(15)28-3)23-19(25)21-12-13-6-7-20-18(22-13)24-8-4-5-9-24/h6-7,10-11H,4-5,8-9,12H2,1-3H3,(H2,21,23,25). The minimum atomic E-state index is -0.365. The second-order valence-corrected chi connectivity index (χ2v) is 6.26. The highest BCUT2D eigenvalue weighted by atomic mass is 16.5. The molecule has 2 aromatic rings. The maximum Gasteiger partial charge on any atom is 0.319 e. The van der Waals surface area contributed by atoms with E-state index in [2.05, 4.69) is 25.5 Å². The molecular weight excluding hydrogens is 362 g/mol. The van der Waals surface area contributed by atoms with Gasteiger partial charge in [-0.3, -0.25) is 0 Å². The van der Waals surface area contributed by atoms with E-state index in [0.29, 0.717) is 35.4 Å². The van der Waals surface area contributed by atoms with Crippen molar-refractivity contribution in [3.05, 3.63) is 30.1 Å². The van der Waals surface area contributed by atoms with Crippen LogP contribution in [0.4, 0.5) is 16.4 Å². The van der Waals surface area contributed by atoms with Crippen LogP contribution in [0.1, 0.15) is 18.5 Å². The fourth-order valence-electron chi connectivity index (χ4n) is 3.05. The first-order chi connectivity index (χ1) is 13.6. The number of urea groups is 1. The van der Waals surface area contributed by atoms with Crippen molar-refractivity contribution in [3.8, 4) is 17.2 Å². The van der Waals surface area contributed by atoms with Crippen molar-refractivity contribution in [2.24, 2.45) is 0 Å². The molecule has 0 atom stereocenters. The number of amides is 2. The van der Waals surface area contributed by atoms with Crippen molar-refractivity contribution < 1.29 is 19.0 Å². The summed E-state index contributed by atoms with van der Waals surface area (Å²) in [7, 11) is 4.57. The Morgan fingerprint density at radius 2 is 1.79 bits per heavy atom. The lowest BCUT2D eigenvalue weighted by molar-refractivity contribution is 0.251. The molecule has 150 valence electrons. The SMILES string of the molecule is COc1cc(NC(=O)NCc2ccnc(N3CCCC3)n2)cc(OC)c1OC. The largest absolute Gasteiger partial charge is 0.493 e. The third kappa shape index (κ3) is 4.54. The molecule has 1 aliphatic rings. The van der Waals surface area contributed by atoms with Crippen LogP contribution in [0.25, 0.3) is 0 Å². The smallest absolute Gasteiger partial charge is 0.319 e. The first-order valence-corrected chi connectivity index (χ1v) is 9.06. The molecule has 2 amide bonds. The Hall–Kier alpha value is -3.23. The highest BCUT2D eigenvalue weighted by molar-refractivity contribution is 5.90. The molecule has 0 radical (unpaired) electrons. The number of nitrogens with one attached hydrogen (secondary N) is 2. The van der Waals surface area contributed by atoms with Gasteiger partial charge in [0.2, 0.25) is 11.7 Å². The molecule has 0 spiro atoms. The van der Waals surface area contributed by atoms with Crippen LogP contribution >= 0.6 is 0 Å². The van der Waals surface area contributed by atoms with E-state index >= 15 is 0 Å². The number of hydrogen-bond acceptors (Lipinski definition) is 7. The Balaban J connectivity index is 1.62. The van der Waals surface area contributed by atoms with Gasteiger partial charge in [0.05, 0.1) is 39.3 Å². The van der Waals surface area contributed by atoms with Gasteiger partial charge in [-0.05, 0) is 18.9 Å². The Labute approximate surface area is 164 Å². The summed E-state index contributed by atoms with van der Waals surface area (Å²) in [5.41, 5.74) is 1.27. The highest BCUT2D eigenvalue weighted by Gasteiger charge is 2.16. The summed E-state index contributed by atoms with van der Waals surface area (Å²) in [6, 6.07) is 4.75. The Bertz CT molecular complexity index is 799. The minimum Gasteiger partial charge on any atom is -0.493 e. The van der Waals surface area contributed by atoms with Gasteiger partial charge in [-0.25, -0.2) is 14.8 Å². The normalized spacial score (nSPS) is 13.2. The first-order valence-electron chi connectivity index (χ1n) is 9.06. The van der Waals surface area contributed by atoms with Gasteiger partial charge in [-0.2, -0.15) is 0 Å². The average Bonchev–Trinajstić information content (AvgIpc) is 3.26. The molecule has 0 unspecified atom stereocenters. The zero-order chi connectivity index (χ0) is 19.9. The number of ether oxygens (including phenoxy) is 3. The van der Waals surface area contributed by atoms with Gasteiger partial charge in [0.1, 0.15) is 0 Å². The maximum absolute atomic E-state index is 12.3. The second kappa shape index (κ2) is 9.12. The van der Waals surface area contributed by atoms with Gasteiger partial charge in [-0.1, -0.05) is 0 Å². The van der Waals surface area contributed by atoms with E-state index in [1.807, 2.05) is 0 Å². The highest BCUT2D eigenvalue weighted by Crippen LogP contribution is 2.39. The Morgan fingerprint density at radius 1 is 1.11 bits per heavy atom. The molecule has 1 aliphatic heterocycles. The van der Waals surface area contributed by atoms with Crippen molar-refractivity contribution >= 4 is 17.7 Å². The maximum atomic E-state index is 12.3. The molecule has 28 heavy (non-hydrogen) atoms. The zero-order valence-corrected chi connectivity index (χ0v) is 16.3. The molecule has 0 saturated carbocycles. The van der Waals surface area contributed by atoms with Crippen LogP contribution in [0.2, 0.25) is 0 Å². The number of hydrogen-bond donors (Lipinski definition) is 2. The molecule has 9 nitrogen and oxygen atoms in total. The third-order valence-corrected chi connectivity index (χ3v) is 4.44. The third-order valence-electron chi connectivity index (χ3n) is 4.44. The van der Waals surface area contributed by atoms with Crippen LogP contribution in [0, 0.1) is 0 Å². The van der Waals surface area contributed by atoms with Gasteiger partial charge >= 0.3 is 6.03 Å². The van der Waals surface area contributed by atoms with Crippen molar-refractivity contribution in [1.29, 1.82) is 0 Å². The van der Waals surface area contributed by atoms with Gasteiger partial charge in [0, 0.05) is 31.4 Å². The Kier molecular flexibility index (Phi) is 6.36. The molecular formula is C19H25N5O4. The molecule has 9 heteroatoms. The molecule has 1 fully saturated rings. The van der Waals surface area contributed by atoms with Crippen molar-refractivity contribution in [2.45, 2.75) is 19.4 Å². The van der Waals surface area contributed by atoms with Crippen LogP contribution in [0.3, 0.4) is 0 Å². The van der Waals surface area contributed by atoms with Gasteiger partial charge < -0.3 is 29.7 Å². The van der Waals surface area contributed by atoms with Gasteiger partial charge in [-0.15, -0.1) is 0 Å². The predicted octanol–water partition coefficient (Wildman–Crippen LogP) is 2.42. The summed E-state index contributed by atoms with van der Waals surface area (Å²) < 4.78 is 15.9. The molecule has 3 rings (SSSR count). The molecule has 1 aromatic carbocycles. The van der Waals surface area contributed by atoms with Crippen LogP contribution < -0.4 is 29.7 Å². The summed E-state index contributed by atoms with van der Waals surface area (Å²) in [6.07, 6.45) is 4.03. The van der Waals surface area contributed by atoms with E-state index in [4.69, 9.17) is 14.2 Å². The minimum absolute atomic E-state index is 0.291. The number of carbonyl (C=O) groups excluding carboxylic acids is 1. The molecule has 0 aliphatic carbocycles. The number of carbonyl (C=O) groups is 1. The van der Waals surface area contributed by atoms with Crippen LogP contribution in [-0.2, 0) is 6.54 Å².